The van der Waals surface area contributed by atoms with Crippen molar-refractivity contribution in [1.82, 2.24) is 10.2 Å². The van der Waals surface area contributed by atoms with Crippen molar-refractivity contribution in [3.8, 4) is 10.6 Å². The SMILES string of the molecule is CC(=O)c1ccc(NC(=O)[C@H]2CCCN(c3ccc(-c4cccs4)nn3)C2)cc1. The monoisotopic (exact) mass is 406 g/mol. The summed E-state index contributed by atoms with van der Waals surface area (Å²) in [6.45, 7) is 3.01. The third kappa shape index (κ3) is 4.51. The van der Waals surface area contributed by atoms with Crippen LogP contribution in [0.15, 0.2) is 53.9 Å². The molecule has 6 nitrogen and oxygen atoms in total. The topological polar surface area (TPSA) is 75.2 Å². The summed E-state index contributed by atoms with van der Waals surface area (Å²) in [5, 5.41) is 13.7. The molecule has 0 saturated carbocycles. The van der Waals surface area contributed by atoms with Crippen LogP contribution in [0, 0.1) is 5.92 Å². The van der Waals surface area contributed by atoms with Crippen LogP contribution >= 0.6 is 11.3 Å². The smallest absolute Gasteiger partial charge is 0.229 e. The average Bonchev–Trinajstić information content (AvgIpc) is 3.29. The van der Waals surface area contributed by atoms with Crippen molar-refractivity contribution in [1.29, 1.82) is 0 Å². The fourth-order valence-corrected chi connectivity index (χ4v) is 4.17. The number of rotatable bonds is 5. The minimum atomic E-state index is -0.116. The Labute approximate surface area is 173 Å². The minimum absolute atomic E-state index is 0.00607. The number of carbonyl (C=O) groups excluding carboxylic acids is 2. The van der Waals surface area contributed by atoms with Crippen molar-refractivity contribution >= 4 is 34.5 Å². The van der Waals surface area contributed by atoms with E-state index in [0.717, 1.165) is 35.8 Å². The Morgan fingerprint density at radius 2 is 1.93 bits per heavy atom. The number of thiophene rings is 1. The number of nitrogens with zero attached hydrogens (tertiary/aromatic N) is 3. The molecule has 29 heavy (non-hydrogen) atoms. The number of benzene rings is 1. The molecule has 0 spiro atoms. The molecule has 1 atom stereocenters. The van der Waals surface area contributed by atoms with E-state index in [0.29, 0.717) is 17.8 Å². The van der Waals surface area contributed by atoms with E-state index in [9.17, 15) is 9.59 Å². The number of amides is 1. The van der Waals surface area contributed by atoms with Crippen LogP contribution in [0.1, 0.15) is 30.1 Å². The van der Waals surface area contributed by atoms with E-state index < -0.39 is 0 Å². The summed E-state index contributed by atoms with van der Waals surface area (Å²) < 4.78 is 0. The molecule has 1 fully saturated rings. The highest BCUT2D eigenvalue weighted by molar-refractivity contribution is 7.13. The van der Waals surface area contributed by atoms with Crippen LogP contribution in [-0.4, -0.2) is 35.0 Å². The summed E-state index contributed by atoms with van der Waals surface area (Å²) in [6.07, 6.45) is 1.77. The molecule has 1 amide bonds. The van der Waals surface area contributed by atoms with Gasteiger partial charge in [-0.05, 0) is 67.6 Å². The Morgan fingerprint density at radius 3 is 2.59 bits per heavy atom. The first-order chi connectivity index (χ1) is 14.1. The summed E-state index contributed by atoms with van der Waals surface area (Å²) in [6, 6.07) is 15.0. The summed E-state index contributed by atoms with van der Waals surface area (Å²) in [7, 11) is 0. The number of aromatic nitrogens is 2. The maximum absolute atomic E-state index is 12.7. The third-order valence-corrected chi connectivity index (χ3v) is 5.99. The van der Waals surface area contributed by atoms with E-state index in [4.69, 9.17) is 0 Å². The van der Waals surface area contributed by atoms with Crippen LogP contribution in [-0.2, 0) is 4.79 Å². The Kier molecular flexibility index (Phi) is 5.67. The van der Waals surface area contributed by atoms with Gasteiger partial charge in [-0.15, -0.1) is 21.5 Å². The van der Waals surface area contributed by atoms with Gasteiger partial charge < -0.3 is 10.2 Å². The van der Waals surface area contributed by atoms with E-state index >= 15 is 0 Å². The van der Waals surface area contributed by atoms with Crippen LogP contribution in [0.25, 0.3) is 10.6 Å². The quantitative estimate of drug-likeness (QED) is 0.641. The zero-order chi connectivity index (χ0) is 20.2. The number of Topliss-reactive ketones (excluding diaryl/α,β-unsaturated/α-hetero) is 1. The molecule has 2 aromatic heterocycles. The third-order valence-electron chi connectivity index (χ3n) is 5.10. The number of carbonyl (C=O) groups is 2. The first-order valence-corrected chi connectivity index (χ1v) is 10.5. The number of nitrogens with one attached hydrogen (secondary N) is 1. The maximum Gasteiger partial charge on any atom is 0.229 e. The van der Waals surface area contributed by atoms with Gasteiger partial charge in [-0.1, -0.05) is 6.07 Å². The first-order valence-electron chi connectivity index (χ1n) is 9.64. The molecule has 7 heteroatoms. The highest BCUT2D eigenvalue weighted by Gasteiger charge is 2.27. The van der Waals surface area contributed by atoms with Gasteiger partial charge in [0.25, 0.3) is 0 Å². The van der Waals surface area contributed by atoms with Crippen molar-refractivity contribution in [2.24, 2.45) is 5.92 Å². The summed E-state index contributed by atoms with van der Waals surface area (Å²) in [5.74, 6) is 0.689. The second kappa shape index (κ2) is 8.53. The van der Waals surface area contributed by atoms with Crippen LogP contribution in [0.3, 0.4) is 0 Å². The highest BCUT2D eigenvalue weighted by atomic mass is 32.1. The van der Waals surface area contributed by atoms with Gasteiger partial charge in [-0.25, -0.2) is 0 Å². The Bertz CT molecular complexity index is 985. The van der Waals surface area contributed by atoms with Gasteiger partial charge in [0.05, 0.1) is 10.8 Å². The second-order valence-corrected chi connectivity index (χ2v) is 8.11. The highest BCUT2D eigenvalue weighted by Crippen LogP contribution is 2.26. The van der Waals surface area contributed by atoms with Crippen molar-refractivity contribution in [2.75, 3.05) is 23.3 Å². The predicted octanol–water partition coefficient (Wildman–Crippen LogP) is 4.26. The van der Waals surface area contributed by atoms with Gasteiger partial charge in [0.1, 0.15) is 5.69 Å². The zero-order valence-corrected chi connectivity index (χ0v) is 17.0. The van der Waals surface area contributed by atoms with Gasteiger partial charge >= 0.3 is 0 Å². The molecular formula is C22H22N4O2S. The molecule has 148 valence electrons. The van der Waals surface area contributed by atoms with Crippen LogP contribution in [0.4, 0.5) is 11.5 Å². The summed E-state index contributed by atoms with van der Waals surface area (Å²) in [4.78, 5) is 27.3. The Morgan fingerprint density at radius 1 is 1.10 bits per heavy atom. The number of hydrogen-bond acceptors (Lipinski definition) is 6. The van der Waals surface area contributed by atoms with Gasteiger partial charge in [-0.2, -0.15) is 0 Å². The molecule has 1 aliphatic rings. The molecule has 1 saturated heterocycles. The maximum atomic E-state index is 12.7. The molecule has 3 aromatic rings. The Hall–Kier alpha value is -3.06. The lowest BCUT2D eigenvalue weighted by Gasteiger charge is -2.32. The van der Waals surface area contributed by atoms with Crippen molar-refractivity contribution in [2.45, 2.75) is 19.8 Å². The van der Waals surface area contributed by atoms with Gasteiger partial charge in [0.2, 0.25) is 5.91 Å². The van der Waals surface area contributed by atoms with Crippen molar-refractivity contribution in [3.05, 3.63) is 59.5 Å². The molecule has 0 bridgehead atoms. The van der Waals surface area contributed by atoms with Crippen molar-refractivity contribution < 1.29 is 9.59 Å². The summed E-state index contributed by atoms with van der Waals surface area (Å²) >= 11 is 1.64. The van der Waals surface area contributed by atoms with E-state index in [1.807, 2.05) is 29.6 Å². The second-order valence-electron chi connectivity index (χ2n) is 7.16. The van der Waals surface area contributed by atoms with E-state index in [1.54, 1.807) is 35.6 Å². The lowest BCUT2D eigenvalue weighted by Crippen LogP contribution is -2.41. The number of ketones is 1. The molecule has 3 heterocycles. The first kappa shape index (κ1) is 19.3. The zero-order valence-electron chi connectivity index (χ0n) is 16.2. The molecule has 4 rings (SSSR count). The van der Waals surface area contributed by atoms with Crippen LogP contribution < -0.4 is 10.2 Å². The van der Waals surface area contributed by atoms with Crippen LogP contribution in [0.2, 0.25) is 0 Å². The predicted molar refractivity (Wildman–Crippen MR) is 115 cm³/mol. The minimum Gasteiger partial charge on any atom is -0.354 e. The molecule has 0 radical (unpaired) electrons. The normalized spacial score (nSPS) is 16.4. The molecule has 1 aromatic carbocycles. The van der Waals surface area contributed by atoms with Crippen LogP contribution in [0.5, 0.6) is 0 Å². The molecule has 1 N–H and O–H groups in total. The number of piperidine rings is 1. The largest absolute Gasteiger partial charge is 0.354 e. The van der Waals surface area contributed by atoms with E-state index in [2.05, 4.69) is 20.4 Å². The van der Waals surface area contributed by atoms with Gasteiger partial charge in [0.15, 0.2) is 11.6 Å². The summed E-state index contributed by atoms with van der Waals surface area (Å²) in [5.41, 5.74) is 2.21. The lowest BCUT2D eigenvalue weighted by atomic mass is 9.97. The fourth-order valence-electron chi connectivity index (χ4n) is 3.48. The van der Waals surface area contributed by atoms with E-state index in [1.165, 1.54) is 6.92 Å². The number of anilines is 2. The molecular weight excluding hydrogens is 384 g/mol. The molecule has 0 unspecified atom stereocenters. The molecule has 0 aliphatic carbocycles. The van der Waals surface area contributed by atoms with Gasteiger partial charge in [0, 0.05) is 24.3 Å². The standard InChI is InChI=1S/C22H22N4O2S/c1-15(27)16-6-8-18(9-7-16)23-22(28)17-4-2-12-26(14-17)21-11-10-19(24-25-21)20-5-3-13-29-20/h3,5-11,13,17H,2,4,12,14H2,1H3,(H,23,28)/t17-/m0/s1. The van der Waals surface area contributed by atoms with Gasteiger partial charge in [-0.3, -0.25) is 9.59 Å². The lowest BCUT2D eigenvalue weighted by molar-refractivity contribution is -0.120. The average molecular weight is 407 g/mol. The number of hydrogen-bond donors (Lipinski definition) is 1. The van der Waals surface area contributed by atoms with Crippen molar-refractivity contribution in [3.63, 3.8) is 0 Å². The Balaban J connectivity index is 1.39. The van der Waals surface area contributed by atoms with E-state index in [-0.39, 0.29) is 17.6 Å². The fraction of sp³-hybridized carbons (Fsp3) is 0.273. The molecule has 1 aliphatic heterocycles.